The van der Waals surface area contributed by atoms with Gasteiger partial charge in [-0.3, -0.25) is 4.79 Å². The van der Waals surface area contributed by atoms with E-state index in [2.05, 4.69) is 20.3 Å². The van der Waals surface area contributed by atoms with Crippen molar-refractivity contribution in [3.05, 3.63) is 5.28 Å². The Hall–Kier alpha value is -1.63. The molecule has 1 aromatic heterocycles. The lowest BCUT2D eigenvalue weighted by molar-refractivity contribution is -0.120. The van der Waals surface area contributed by atoms with E-state index in [1.807, 2.05) is 27.7 Å². The van der Waals surface area contributed by atoms with Crippen molar-refractivity contribution in [3.63, 3.8) is 0 Å². The maximum atomic E-state index is 11.8. The van der Waals surface area contributed by atoms with Crippen LogP contribution in [0.25, 0.3) is 0 Å². The number of nitrogens with one attached hydrogen (secondary N) is 1. The second kappa shape index (κ2) is 7.84. The van der Waals surface area contributed by atoms with Crippen molar-refractivity contribution in [1.82, 2.24) is 20.3 Å². The molecule has 0 atom stereocenters. The molecule has 1 rings (SSSR count). The molecule has 1 aromatic rings. The molecule has 0 bridgehead atoms. The number of nitrogens with zero attached hydrogens (tertiary/aromatic N) is 4. The van der Waals surface area contributed by atoms with Crippen LogP contribution in [0.15, 0.2) is 0 Å². The third-order valence-corrected chi connectivity index (χ3v) is 2.47. The first-order chi connectivity index (χ1) is 9.46. The Bertz CT molecular complexity index is 455. The molecule has 0 unspecified atom stereocenters. The fraction of sp³-hybridized carbons (Fsp3) is 0.667. The molecule has 0 radical (unpaired) electrons. The Morgan fingerprint density at radius 3 is 2.60 bits per heavy atom. The Kier molecular flexibility index (Phi) is 6.44. The first kappa shape index (κ1) is 16.4. The summed E-state index contributed by atoms with van der Waals surface area (Å²) in [5.41, 5.74) is 0. The van der Waals surface area contributed by atoms with E-state index in [1.165, 1.54) is 0 Å². The first-order valence-corrected chi connectivity index (χ1v) is 6.92. The Morgan fingerprint density at radius 1 is 1.35 bits per heavy atom. The number of likely N-dealkylation sites (N-methyl/N-ethyl adjacent to an activating group) is 1. The predicted molar refractivity (Wildman–Crippen MR) is 77.2 cm³/mol. The molecule has 0 fully saturated rings. The van der Waals surface area contributed by atoms with Crippen LogP contribution in [0.1, 0.15) is 27.7 Å². The molecule has 0 aromatic carbocycles. The summed E-state index contributed by atoms with van der Waals surface area (Å²) in [5, 5.41) is 2.86. The number of rotatable bonds is 7. The van der Waals surface area contributed by atoms with E-state index in [1.54, 1.807) is 4.90 Å². The molecule has 1 N–H and O–H groups in total. The lowest BCUT2D eigenvalue weighted by Crippen LogP contribution is -2.40. The van der Waals surface area contributed by atoms with Gasteiger partial charge >= 0.3 is 6.01 Å². The number of carbonyl (C=O) groups excluding carboxylic acids is 1. The van der Waals surface area contributed by atoms with E-state index in [0.717, 1.165) is 0 Å². The van der Waals surface area contributed by atoms with Crippen LogP contribution >= 0.6 is 11.6 Å². The summed E-state index contributed by atoms with van der Waals surface area (Å²) in [6.07, 6.45) is 0. The number of halogens is 1. The normalized spacial score (nSPS) is 10.5. The smallest absolute Gasteiger partial charge is 0.322 e. The van der Waals surface area contributed by atoms with Crippen molar-refractivity contribution in [2.24, 2.45) is 0 Å². The Balaban J connectivity index is 2.85. The van der Waals surface area contributed by atoms with Gasteiger partial charge in [-0.2, -0.15) is 15.0 Å². The van der Waals surface area contributed by atoms with Crippen LogP contribution in [-0.2, 0) is 4.79 Å². The molecule has 0 saturated heterocycles. The second-order valence-corrected chi connectivity index (χ2v) is 4.69. The number of aromatic nitrogens is 3. The highest BCUT2D eigenvalue weighted by molar-refractivity contribution is 6.28. The molecule has 20 heavy (non-hydrogen) atoms. The van der Waals surface area contributed by atoms with Gasteiger partial charge in [-0.1, -0.05) is 0 Å². The predicted octanol–water partition coefficient (Wildman–Crippen LogP) is 1.27. The van der Waals surface area contributed by atoms with Crippen LogP contribution in [-0.4, -0.2) is 46.6 Å². The second-order valence-electron chi connectivity index (χ2n) is 4.36. The molecule has 7 nitrogen and oxygen atoms in total. The van der Waals surface area contributed by atoms with Gasteiger partial charge in [0.1, 0.15) is 0 Å². The van der Waals surface area contributed by atoms with E-state index in [9.17, 15) is 4.79 Å². The molecule has 0 aliphatic rings. The number of amides is 1. The van der Waals surface area contributed by atoms with Crippen LogP contribution in [0.2, 0.25) is 5.28 Å². The number of anilines is 1. The van der Waals surface area contributed by atoms with E-state index in [4.69, 9.17) is 16.3 Å². The number of carbonyl (C=O) groups is 1. The van der Waals surface area contributed by atoms with Gasteiger partial charge in [-0.15, -0.1) is 0 Å². The fourth-order valence-corrected chi connectivity index (χ4v) is 1.67. The SMILES string of the molecule is CCOc1nc(Cl)nc(N(CC)CC(=O)NC(C)C)n1. The van der Waals surface area contributed by atoms with Gasteiger partial charge in [0.05, 0.1) is 13.2 Å². The summed E-state index contributed by atoms with van der Waals surface area (Å²) in [7, 11) is 0. The highest BCUT2D eigenvalue weighted by atomic mass is 35.5. The zero-order chi connectivity index (χ0) is 15.1. The fourth-order valence-electron chi connectivity index (χ4n) is 1.52. The molecular formula is C12H20ClN5O2. The van der Waals surface area contributed by atoms with E-state index in [-0.39, 0.29) is 29.8 Å². The molecule has 0 spiro atoms. The molecule has 0 aliphatic carbocycles. The maximum absolute atomic E-state index is 11.8. The maximum Gasteiger partial charge on any atom is 0.322 e. The van der Waals surface area contributed by atoms with Gasteiger partial charge in [0.2, 0.25) is 17.1 Å². The zero-order valence-electron chi connectivity index (χ0n) is 12.2. The molecule has 1 heterocycles. The first-order valence-electron chi connectivity index (χ1n) is 6.54. The Labute approximate surface area is 123 Å². The minimum atomic E-state index is -0.101. The third-order valence-electron chi connectivity index (χ3n) is 2.30. The van der Waals surface area contributed by atoms with Crippen molar-refractivity contribution in [3.8, 4) is 6.01 Å². The van der Waals surface area contributed by atoms with Crippen molar-refractivity contribution >= 4 is 23.5 Å². The summed E-state index contributed by atoms with van der Waals surface area (Å²) in [4.78, 5) is 25.5. The molecule has 112 valence electrons. The highest BCUT2D eigenvalue weighted by Gasteiger charge is 2.15. The minimum Gasteiger partial charge on any atom is -0.464 e. The van der Waals surface area contributed by atoms with Crippen LogP contribution in [0.4, 0.5) is 5.95 Å². The summed E-state index contributed by atoms with van der Waals surface area (Å²) < 4.78 is 5.22. The lowest BCUT2D eigenvalue weighted by atomic mass is 10.4. The van der Waals surface area contributed by atoms with Gasteiger partial charge in [-0.25, -0.2) is 0 Å². The molecule has 0 aliphatic heterocycles. The quantitative estimate of drug-likeness (QED) is 0.817. The molecular weight excluding hydrogens is 282 g/mol. The van der Waals surface area contributed by atoms with Gasteiger partial charge in [0.15, 0.2) is 0 Å². The summed E-state index contributed by atoms with van der Waals surface area (Å²) in [6.45, 7) is 8.69. The van der Waals surface area contributed by atoms with Crippen molar-refractivity contribution in [1.29, 1.82) is 0 Å². The van der Waals surface area contributed by atoms with E-state index < -0.39 is 0 Å². The monoisotopic (exact) mass is 301 g/mol. The number of ether oxygens (including phenoxy) is 1. The van der Waals surface area contributed by atoms with Crippen molar-refractivity contribution in [2.75, 3.05) is 24.6 Å². The van der Waals surface area contributed by atoms with Crippen LogP contribution < -0.4 is 15.0 Å². The standard InChI is InChI=1S/C12H20ClN5O2/c1-5-18(7-9(19)14-8(3)4)11-15-10(13)16-12(17-11)20-6-2/h8H,5-7H2,1-4H3,(H,14,19). The average Bonchev–Trinajstić information content (AvgIpc) is 2.34. The van der Waals surface area contributed by atoms with E-state index >= 15 is 0 Å². The summed E-state index contributed by atoms with van der Waals surface area (Å²) in [5.74, 6) is 0.228. The highest BCUT2D eigenvalue weighted by Crippen LogP contribution is 2.14. The zero-order valence-corrected chi connectivity index (χ0v) is 12.9. The summed E-state index contributed by atoms with van der Waals surface area (Å²) in [6, 6.07) is 0.243. The third kappa shape index (κ3) is 5.16. The molecule has 8 heteroatoms. The summed E-state index contributed by atoms with van der Waals surface area (Å²) >= 11 is 5.84. The lowest BCUT2D eigenvalue weighted by Gasteiger charge is -2.21. The van der Waals surface area contributed by atoms with Crippen molar-refractivity contribution < 1.29 is 9.53 Å². The Morgan fingerprint density at radius 2 is 2.05 bits per heavy atom. The average molecular weight is 302 g/mol. The van der Waals surface area contributed by atoms with Crippen LogP contribution in [0.3, 0.4) is 0 Å². The topological polar surface area (TPSA) is 80.2 Å². The van der Waals surface area contributed by atoms with Gasteiger partial charge in [0, 0.05) is 12.6 Å². The minimum absolute atomic E-state index is 0.0427. The van der Waals surface area contributed by atoms with Crippen LogP contribution in [0, 0.1) is 0 Å². The number of hydrogen-bond acceptors (Lipinski definition) is 6. The number of hydrogen-bond donors (Lipinski definition) is 1. The van der Waals surface area contributed by atoms with Crippen LogP contribution in [0.5, 0.6) is 6.01 Å². The van der Waals surface area contributed by atoms with Gasteiger partial charge < -0.3 is 15.0 Å². The van der Waals surface area contributed by atoms with Crippen molar-refractivity contribution in [2.45, 2.75) is 33.7 Å². The largest absolute Gasteiger partial charge is 0.464 e. The van der Waals surface area contributed by atoms with E-state index in [0.29, 0.717) is 19.1 Å². The molecule has 0 saturated carbocycles. The van der Waals surface area contributed by atoms with Gasteiger partial charge in [0.25, 0.3) is 0 Å². The molecule has 1 amide bonds. The van der Waals surface area contributed by atoms with Gasteiger partial charge in [-0.05, 0) is 39.3 Å².